The molecule has 0 aliphatic heterocycles. The van der Waals surface area contributed by atoms with Crippen molar-refractivity contribution >= 4 is 0 Å². The lowest BCUT2D eigenvalue weighted by Crippen LogP contribution is -2.22. The molecular weight excluding hydrogens is 206 g/mol. The van der Waals surface area contributed by atoms with E-state index < -0.39 is 0 Å². The minimum Gasteiger partial charge on any atom is -0.424 e. The predicted octanol–water partition coefficient (Wildman–Crippen LogP) is 1.43. The van der Waals surface area contributed by atoms with Crippen LogP contribution in [0.3, 0.4) is 0 Å². The monoisotopic (exact) mass is 225 g/mol. The third-order valence-electron chi connectivity index (χ3n) is 2.78. The van der Waals surface area contributed by atoms with Gasteiger partial charge in [0.1, 0.15) is 0 Å². The first kappa shape index (κ1) is 11.5. The lowest BCUT2D eigenvalue weighted by molar-refractivity contribution is 0.0600. The second kappa shape index (κ2) is 5.96. The van der Waals surface area contributed by atoms with Crippen LogP contribution in [-0.2, 0) is 11.3 Å². The number of rotatable bonds is 6. The van der Waals surface area contributed by atoms with Crippen LogP contribution in [-0.4, -0.2) is 29.5 Å². The molecule has 1 N–H and O–H groups in total. The Morgan fingerprint density at radius 3 is 2.88 bits per heavy atom. The van der Waals surface area contributed by atoms with Crippen LogP contribution < -0.4 is 5.32 Å². The Morgan fingerprint density at radius 2 is 2.19 bits per heavy atom. The number of ether oxygens (including phenoxy) is 1. The summed E-state index contributed by atoms with van der Waals surface area (Å²) in [7, 11) is 0. The quantitative estimate of drug-likeness (QED) is 0.742. The summed E-state index contributed by atoms with van der Waals surface area (Å²) in [4.78, 5) is 0. The van der Waals surface area contributed by atoms with Gasteiger partial charge in [-0.25, -0.2) is 0 Å². The van der Waals surface area contributed by atoms with Gasteiger partial charge in [0, 0.05) is 13.5 Å². The Morgan fingerprint density at radius 1 is 1.38 bits per heavy atom. The molecule has 1 aliphatic rings. The van der Waals surface area contributed by atoms with Gasteiger partial charge in [-0.05, 0) is 12.8 Å². The van der Waals surface area contributed by atoms with E-state index in [0.717, 1.165) is 13.2 Å². The highest BCUT2D eigenvalue weighted by atomic mass is 16.5. The van der Waals surface area contributed by atoms with E-state index in [1.54, 1.807) is 6.92 Å². The molecule has 0 aromatic carbocycles. The summed E-state index contributed by atoms with van der Waals surface area (Å²) in [6.07, 6.45) is 5.58. The Hall–Kier alpha value is -0.940. The van der Waals surface area contributed by atoms with Crippen LogP contribution in [0.15, 0.2) is 4.42 Å². The van der Waals surface area contributed by atoms with Crippen LogP contribution in [0.2, 0.25) is 0 Å². The van der Waals surface area contributed by atoms with Crippen LogP contribution >= 0.6 is 0 Å². The van der Waals surface area contributed by atoms with Gasteiger partial charge in [-0.2, -0.15) is 0 Å². The molecule has 0 amide bonds. The molecule has 0 bridgehead atoms. The molecule has 90 valence electrons. The third-order valence-corrected chi connectivity index (χ3v) is 2.78. The maximum atomic E-state index is 5.72. The van der Waals surface area contributed by atoms with Gasteiger partial charge in [-0.1, -0.05) is 12.8 Å². The molecule has 5 heteroatoms. The summed E-state index contributed by atoms with van der Waals surface area (Å²) in [6, 6.07) is 0. The molecule has 0 atom stereocenters. The minimum absolute atomic E-state index is 0.493. The first-order valence-electron chi connectivity index (χ1n) is 5.96. The van der Waals surface area contributed by atoms with E-state index in [-0.39, 0.29) is 0 Å². The average Bonchev–Trinajstić information content (AvgIpc) is 2.89. The maximum Gasteiger partial charge on any atom is 0.230 e. The number of aromatic nitrogens is 2. The lowest BCUT2D eigenvalue weighted by atomic mass is 10.3. The molecule has 1 fully saturated rings. The molecule has 16 heavy (non-hydrogen) atoms. The molecular formula is C11H19N3O2. The molecule has 0 saturated heterocycles. The zero-order valence-electron chi connectivity index (χ0n) is 9.74. The van der Waals surface area contributed by atoms with Crippen molar-refractivity contribution in [1.29, 1.82) is 0 Å². The van der Waals surface area contributed by atoms with Crippen molar-refractivity contribution in [2.75, 3.05) is 13.2 Å². The summed E-state index contributed by atoms with van der Waals surface area (Å²) in [5.41, 5.74) is 0. The van der Waals surface area contributed by atoms with Crippen molar-refractivity contribution in [2.24, 2.45) is 0 Å². The Bertz CT molecular complexity index is 308. The van der Waals surface area contributed by atoms with E-state index in [0.29, 0.717) is 24.4 Å². The first-order chi connectivity index (χ1) is 7.84. The lowest BCUT2D eigenvalue weighted by Gasteiger charge is -2.10. The molecule has 1 aromatic heterocycles. The van der Waals surface area contributed by atoms with Gasteiger partial charge < -0.3 is 14.5 Å². The fourth-order valence-electron chi connectivity index (χ4n) is 1.96. The number of aryl methyl sites for hydroxylation is 1. The van der Waals surface area contributed by atoms with Crippen LogP contribution in [0.5, 0.6) is 0 Å². The molecule has 2 rings (SSSR count). The van der Waals surface area contributed by atoms with Gasteiger partial charge in [-0.3, -0.25) is 0 Å². The highest BCUT2D eigenvalue weighted by molar-refractivity contribution is 4.77. The number of nitrogens with zero attached hydrogens (tertiary/aromatic N) is 2. The van der Waals surface area contributed by atoms with Crippen molar-refractivity contribution < 1.29 is 9.15 Å². The van der Waals surface area contributed by atoms with Crippen LogP contribution in [0.1, 0.15) is 37.5 Å². The van der Waals surface area contributed by atoms with Crippen LogP contribution in [0, 0.1) is 6.92 Å². The SMILES string of the molecule is Cc1nnc(CNCCOC2CCCC2)o1. The van der Waals surface area contributed by atoms with Crippen molar-refractivity contribution in [2.45, 2.75) is 45.3 Å². The maximum absolute atomic E-state index is 5.72. The second-order valence-corrected chi connectivity index (χ2v) is 4.17. The average molecular weight is 225 g/mol. The summed E-state index contributed by atoms with van der Waals surface area (Å²) < 4.78 is 11.0. The van der Waals surface area contributed by atoms with Crippen molar-refractivity contribution in [3.63, 3.8) is 0 Å². The van der Waals surface area contributed by atoms with Gasteiger partial charge in [0.25, 0.3) is 0 Å². The molecule has 0 unspecified atom stereocenters. The Labute approximate surface area is 95.6 Å². The highest BCUT2D eigenvalue weighted by Crippen LogP contribution is 2.20. The number of hydrogen-bond acceptors (Lipinski definition) is 5. The van der Waals surface area contributed by atoms with E-state index in [4.69, 9.17) is 9.15 Å². The molecule has 0 spiro atoms. The highest BCUT2D eigenvalue weighted by Gasteiger charge is 2.14. The van der Waals surface area contributed by atoms with Gasteiger partial charge >= 0.3 is 0 Å². The summed E-state index contributed by atoms with van der Waals surface area (Å²) >= 11 is 0. The van der Waals surface area contributed by atoms with Gasteiger partial charge in [0.15, 0.2) is 0 Å². The normalized spacial score (nSPS) is 17.1. The molecule has 1 aliphatic carbocycles. The zero-order chi connectivity index (χ0) is 11.2. The second-order valence-electron chi connectivity index (χ2n) is 4.17. The first-order valence-corrected chi connectivity index (χ1v) is 5.96. The van der Waals surface area contributed by atoms with E-state index in [1.165, 1.54) is 25.7 Å². The summed E-state index contributed by atoms with van der Waals surface area (Å²) in [5.74, 6) is 1.25. The summed E-state index contributed by atoms with van der Waals surface area (Å²) in [5, 5.41) is 10.9. The van der Waals surface area contributed by atoms with E-state index in [1.807, 2.05) is 0 Å². The van der Waals surface area contributed by atoms with Crippen LogP contribution in [0.4, 0.5) is 0 Å². The van der Waals surface area contributed by atoms with Gasteiger partial charge in [-0.15, -0.1) is 10.2 Å². The van der Waals surface area contributed by atoms with E-state index >= 15 is 0 Å². The van der Waals surface area contributed by atoms with Crippen molar-refractivity contribution in [1.82, 2.24) is 15.5 Å². The van der Waals surface area contributed by atoms with Gasteiger partial charge in [0.2, 0.25) is 11.8 Å². The fourth-order valence-corrected chi connectivity index (χ4v) is 1.96. The smallest absolute Gasteiger partial charge is 0.230 e. The van der Waals surface area contributed by atoms with Crippen LogP contribution in [0.25, 0.3) is 0 Å². The third kappa shape index (κ3) is 3.57. The Kier molecular flexibility index (Phi) is 4.30. The van der Waals surface area contributed by atoms with Crippen molar-refractivity contribution in [3.05, 3.63) is 11.8 Å². The largest absolute Gasteiger partial charge is 0.424 e. The van der Waals surface area contributed by atoms with Crippen molar-refractivity contribution in [3.8, 4) is 0 Å². The molecule has 1 heterocycles. The number of hydrogen-bond donors (Lipinski definition) is 1. The zero-order valence-corrected chi connectivity index (χ0v) is 9.74. The predicted molar refractivity (Wildman–Crippen MR) is 58.9 cm³/mol. The molecule has 1 aromatic rings. The number of nitrogens with one attached hydrogen (secondary N) is 1. The molecule has 0 radical (unpaired) electrons. The Balaban J connectivity index is 1.51. The van der Waals surface area contributed by atoms with Gasteiger partial charge in [0.05, 0.1) is 19.3 Å². The standard InChI is InChI=1S/C11H19N3O2/c1-9-13-14-11(16-9)8-12-6-7-15-10-4-2-3-5-10/h10,12H,2-8H2,1H3. The van der Waals surface area contributed by atoms with E-state index in [9.17, 15) is 0 Å². The van der Waals surface area contributed by atoms with E-state index in [2.05, 4.69) is 15.5 Å². The fraction of sp³-hybridized carbons (Fsp3) is 0.818. The topological polar surface area (TPSA) is 60.2 Å². The molecule has 5 nitrogen and oxygen atoms in total. The summed E-state index contributed by atoms with van der Waals surface area (Å²) in [6.45, 7) is 4.00. The molecule has 1 saturated carbocycles. The minimum atomic E-state index is 0.493.